The van der Waals surface area contributed by atoms with E-state index in [0.717, 1.165) is 38.5 Å². The normalized spacial score (nSPS) is 11.3. The molecule has 53 heavy (non-hydrogen) atoms. The smallest absolute Gasteiger partial charge is 0.311 e. The number of unbranched alkanes of at least 4 members (excludes halogenated alkanes) is 24. The molecule has 0 fully saturated rings. The predicted molar refractivity (Wildman–Crippen MR) is 216 cm³/mol. The molecule has 3 aromatic rings. The Hall–Kier alpha value is -3.41. The van der Waals surface area contributed by atoms with Crippen molar-refractivity contribution in [2.75, 3.05) is 0 Å². The Morgan fingerprint density at radius 3 is 1.49 bits per heavy atom. The molecule has 0 bridgehead atoms. The van der Waals surface area contributed by atoms with E-state index in [-0.39, 0.29) is 46.4 Å². The number of fused-ring (bicyclic) bond motifs is 1. The monoisotopic (exact) mass is 727 g/mol. The van der Waals surface area contributed by atoms with Crippen molar-refractivity contribution in [2.45, 2.75) is 194 Å². The molecule has 3 rings (SSSR count). The number of rotatable bonds is 31. The number of hydrogen-bond acceptors (Lipinski definition) is 6. The van der Waals surface area contributed by atoms with Gasteiger partial charge in [-0.3, -0.25) is 14.4 Å². The summed E-state index contributed by atoms with van der Waals surface area (Å²) in [5, 5.41) is 0.288. The van der Waals surface area contributed by atoms with Gasteiger partial charge in [0.1, 0.15) is 11.3 Å². The van der Waals surface area contributed by atoms with Crippen molar-refractivity contribution in [3.63, 3.8) is 0 Å². The van der Waals surface area contributed by atoms with Crippen molar-refractivity contribution in [3.8, 4) is 22.8 Å². The van der Waals surface area contributed by atoms with E-state index in [2.05, 4.69) is 32.0 Å². The van der Waals surface area contributed by atoms with Gasteiger partial charge in [-0.05, 0) is 55.3 Å². The molecule has 6 heteroatoms. The zero-order valence-electron chi connectivity index (χ0n) is 33.1. The van der Waals surface area contributed by atoms with Gasteiger partial charge in [0.05, 0.1) is 11.5 Å². The fourth-order valence-corrected chi connectivity index (χ4v) is 6.80. The van der Waals surface area contributed by atoms with Crippen molar-refractivity contribution in [2.24, 2.45) is 0 Å². The summed E-state index contributed by atoms with van der Waals surface area (Å²) >= 11 is 0. The molecule has 0 saturated carbocycles. The lowest BCUT2D eigenvalue weighted by Crippen LogP contribution is -2.12. The molecule has 3 radical (unpaired) electrons. The highest BCUT2D eigenvalue weighted by Gasteiger charge is 2.17. The fraction of sp³-hybridized carbons (Fsp3) is 0.638. The van der Waals surface area contributed by atoms with Crippen molar-refractivity contribution in [3.05, 3.63) is 58.8 Å². The van der Waals surface area contributed by atoms with Crippen molar-refractivity contribution in [1.82, 2.24) is 0 Å². The standard InChI is InChI=1S/C47H67O6/c1-3-5-7-9-11-13-15-17-19-21-23-25-27-33-46(49)52-43-36-35-39(44-38-41(48)40-31-29-30-32-42(40)51-44)37-45(43)53-47(50)34-28-26-24-22-20-18-16-14-12-10-8-6-4-2/h29,32,35-37H,3-28,33-34H2,1-2H3. The summed E-state index contributed by atoms with van der Waals surface area (Å²) in [7, 11) is 0. The first-order valence-corrected chi connectivity index (χ1v) is 21.4. The maximum Gasteiger partial charge on any atom is 0.311 e. The summed E-state index contributed by atoms with van der Waals surface area (Å²) in [6.45, 7) is 4.51. The first-order valence-electron chi connectivity index (χ1n) is 21.4. The summed E-state index contributed by atoms with van der Waals surface area (Å²) in [6.07, 6.45) is 32.6. The Bertz CT molecular complexity index is 1490. The molecule has 1 heterocycles. The van der Waals surface area contributed by atoms with E-state index in [4.69, 9.17) is 13.9 Å². The fourth-order valence-electron chi connectivity index (χ4n) is 6.80. The first kappa shape index (κ1) is 44.0. The van der Waals surface area contributed by atoms with Crippen LogP contribution < -0.4 is 14.9 Å². The second-order valence-electron chi connectivity index (χ2n) is 14.8. The highest BCUT2D eigenvalue weighted by Crippen LogP contribution is 2.34. The lowest BCUT2D eigenvalue weighted by atomic mass is 10.0. The quantitative estimate of drug-likeness (QED) is 0.0373. The number of hydrogen-bond donors (Lipinski definition) is 0. The van der Waals surface area contributed by atoms with Gasteiger partial charge in [0, 0.05) is 18.4 Å². The van der Waals surface area contributed by atoms with Crippen LogP contribution in [-0.2, 0) is 9.59 Å². The molecule has 291 valence electrons. The number of ether oxygens (including phenoxy) is 2. The third-order valence-electron chi connectivity index (χ3n) is 10.0. The Labute approximate surface area is 320 Å². The largest absolute Gasteiger partial charge is 0.455 e. The van der Waals surface area contributed by atoms with Crippen LogP contribution in [0.2, 0.25) is 0 Å². The summed E-state index contributed by atoms with van der Waals surface area (Å²) in [6, 6.07) is 16.4. The first-order chi connectivity index (χ1) is 26.0. The van der Waals surface area contributed by atoms with E-state index in [9.17, 15) is 14.4 Å². The van der Waals surface area contributed by atoms with Crippen LogP contribution in [-0.4, -0.2) is 11.9 Å². The third kappa shape index (κ3) is 19.0. The molecule has 2 aromatic carbocycles. The highest BCUT2D eigenvalue weighted by molar-refractivity contribution is 5.80. The maximum absolute atomic E-state index is 13.0. The SMILES string of the molecule is CCCCCCCCCCCCCCCC(=O)Oc1ccc(-c2[c]c(=O)c3[c]c[c]cc3o2)cc1OC(=O)CCCCCCCCCCCCCCC. The maximum atomic E-state index is 13.0. The van der Waals surface area contributed by atoms with Crippen LogP contribution in [0.15, 0.2) is 39.5 Å². The van der Waals surface area contributed by atoms with Crippen LogP contribution in [0.25, 0.3) is 22.3 Å². The molecule has 0 amide bonds. The van der Waals surface area contributed by atoms with E-state index >= 15 is 0 Å². The van der Waals surface area contributed by atoms with E-state index in [1.807, 2.05) is 0 Å². The number of carbonyl (C=O) groups excluding carboxylic acids is 2. The zero-order valence-corrected chi connectivity index (χ0v) is 33.1. The zero-order chi connectivity index (χ0) is 37.8. The molecule has 0 N–H and O–H groups in total. The topological polar surface area (TPSA) is 82.8 Å². The van der Waals surface area contributed by atoms with E-state index in [1.165, 1.54) is 134 Å². The molecule has 0 aliphatic carbocycles. The van der Waals surface area contributed by atoms with Gasteiger partial charge < -0.3 is 13.9 Å². The predicted octanol–water partition coefficient (Wildman–Crippen LogP) is 13.6. The summed E-state index contributed by atoms with van der Waals surface area (Å²) in [5.74, 6) is -0.244. The Balaban J connectivity index is 1.45. The minimum absolute atomic E-state index is 0.128. The van der Waals surface area contributed by atoms with E-state index in [0.29, 0.717) is 17.6 Å². The van der Waals surface area contributed by atoms with Gasteiger partial charge in [-0.25, -0.2) is 0 Å². The molecular formula is C47H67O6. The Morgan fingerprint density at radius 1 is 0.585 bits per heavy atom. The molecule has 0 aliphatic rings. The van der Waals surface area contributed by atoms with Crippen LogP contribution in [0.1, 0.15) is 194 Å². The average Bonchev–Trinajstić information content (AvgIpc) is 3.16. The lowest BCUT2D eigenvalue weighted by Gasteiger charge is -2.12. The lowest BCUT2D eigenvalue weighted by molar-refractivity contribution is -0.137. The van der Waals surface area contributed by atoms with E-state index in [1.54, 1.807) is 24.3 Å². The summed E-state index contributed by atoms with van der Waals surface area (Å²) < 4.78 is 17.5. The van der Waals surface area contributed by atoms with Gasteiger partial charge in [0.25, 0.3) is 0 Å². The molecule has 0 unspecified atom stereocenters. The summed E-state index contributed by atoms with van der Waals surface area (Å²) in [5.41, 5.74) is 0.456. The van der Waals surface area contributed by atoms with Crippen molar-refractivity contribution in [1.29, 1.82) is 0 Å². The average molecular weight is 728 g/mol. The summed E-state index contributed by atoms with van der Waals surface area (Å²) in [4.78, 5) is 38.6. The number of carbonyl (C=O) groups is 2. The van der Waals surface area contributed by atoms with Gasteiger partial charge in [-0.2, -0.15) is 0 Å². The minimum Gasteiger partial charge on any atom is -0.455 e. The van der Waals surface area contributed by atoms with Gasteiger partial charge in [0.15, 0.2) is 11.5 Å². The van der Waals surface area contributed by atoms with Crippen LogP contribution in [0, 0.1) is 18.2 Å². The number of benzene rings is 2. The molecular weight excluding hydrogens is 661 g/mol. The van der Waals surface area contributed by atoms with Gasteiger partial charge in [-0.15, -0.1) is 0 Å². The van der Waals surface area contributed by atoms with Crippen molar-refractivity contribution < 1.29 is 23.5 Å². The Kier molecular flexibility index (Phi) is 23.3. The van der Waals surface area contributed by atoms with Crippen LogP contribution in [0.5, 0.6) is 11.5 Å². The molecule has 0 saturated heterocycles. The van der Waals surface area contributed by atoms with Crippen LogP contribution in [0.3, 0.4) is 0 Å². The highest BCUT2D eigenvalue weighted by atomic mass is 16.6. The third-order valence-corrected chi connectivity index (χ3v) is 10.0. The van der Waals surface area contributed by atoms with Gasteiger partial charge in [-0.1, -0.05) is 168 Å². The minimum atomic E-state index is -0.382. The van der Waals surface area contributed by atoms with Crippen molar-refractivity contribution >= 4 is 22.9 Å². The number of esters is 2. The van der Waals surface area contributed by atoms with Crippen LogP contribution >= 0.6 is 0 Å². The second-order valence-corrected chi connectivity index (χ2v) is 14.8. The van der Waals surface area contributed by atoms with Crippen LogP contribution in [0.4, 0.5) is 0 Å². The molecule has 1 aromatic heterocycles. The molecule has 0 atom stereocenters. The van der Waals surface area contributed by atoms with E-state index < -0.39 is 0 Å². The Morgan fingerprint density at radius 2 is 1.02 bits per heavy atom. The molecule has 0 aliphatic heterocycles. The van der Waals surface area contributed by atoms with Gasteiger partial charge in [0.2, 0.25) is 5.43 Å². The second kappa shape index (κ2) is 28.1. The molecule has 0 spiro atoms. The molecule has 6 nitrogen and oxygen atoms in total. The van der Waals surface area contributed by atoms with Gasteiger partial charge >= 0.3 is 11.9 Å².